The van der Waals surface area contributed by atoms with Gasteiger partial charge in [0.25, 0.3) is 5.91 Å². The molecule has 374 valence electrons. The molecule has 0 unspecified atom stereocenters. The van der Waals surface area contributed by atoms with Crippen LogP contribution in [0.1, 0.15) is 59.9 Å². The number of fused-ring (bicyclic) bond motifs is 2. The van der Waals surface area contributed by atoms with Gasteiger partial charge in [-0.05, 0) is 32.8 Å². The number of aromatic nitrogens is 1. The summed E-state index contributed by atoms with van der Waals surface area (Å²) in [5, 5.41) is 59.6. The van der Waals surface area contributed by atoms with Gasteiger partial charge >= 0.3 is 21.3 Å². The Morgan fingerprint density at radius 3 is 2.20 bits per heavy atom. The van der Waals surface area contributed by atoms with Crippen molar-refractivity contribution in [2.75, 3.05) is 30.4 Å². The van der Waals surface area contributed by atoms with Crippen LogP contribution < -0.4 is 35.8 Å². The first kappa shape index (κ1) is 51.1. The molecule has 4 aromatic rings. The Hall–Kier alpha value is -5.78. The second kappa shape index (κ2) is 18.9. The number of methoxy groups -OCH3 is 1. The van der Waals surface area contributed by atoms with E-state index in [0.29, 0.717) is 0 Å². The summed E-state index contributed by atoms with van der Waals surface area (Å²) in [5.74, 6) is -6.94. The highest BCUT2D eigenvalue weighted by molar-refractivity contribution is 7.90. The smallest absolute Gasteiger partial charge is 0.507 e. The zero-order valence-corrected chi connectivity index (χ0v) is 39.7. The maximum absolute atomic E-state index is 14.8. The van der Waals surface area contributed by atoms with Crippen LogP contribution in [0.2, 0.25) is 0 Å². The number of carbonyl (C=O) groups is 1. The fraction of sp³-hybridized carbons (Fsp3) is 0.489. The van der Waals surface area contributed by atoms with E-state index < -0.39 is 120 Å². The Balaban J connectivity index is 1.42. The number of ether oxygens (including phenoxy) is 3. The number of nitrogens with one attached hydrogen (secondary N) is 2. The SMILES string of the molecule is CO[C@H]1/C=C/O[C@@]2(C)Oc3c(C)c(O)c4c(=O)c(c5oc6cc(N7CCC(NS(=O)(=O)C(F)(F)F)CC7)cc(=O)c6nc5c4c3=C2O)NC(=O)/C(C)=C\C=C\[C@H](C)[C@H](O)[C@@H](C)[C@@H](O)[C@@H](C)[C@H](O)[C@@H]1C. The number of hydrogen-bond acceptors (Lipinski definition) is 16. The molecule has 22 heteroatoms. The first-order valence-electron chi connectivity index (χ1n) is 22.2. The summed E-state index contributed by atoms with van der Waals surface area (Å²) < 4.78 is 88.7. The highest BCUT2D eigenvalue weighted by Crippen LogP contribution is 2.42. The van der Waals surface area contributed by atoms with Gasteiger partial charge in [0.2, 0.25) is 10.9 Å². The maximum atomic E-state index is 14.8. The third-order valence-corrected chi connectivity index (χ3v) is 14.9. The molecule has 0 spiro atoms. The molecule has 1 aromatic heterocycles. The summed E-state index contributed by atoms with van der Waals surface area (Å²) in [6.07, 6.45) is 2.79. The number of anilines is 2. The van der Waals surface area contributed by atoms with Crippen molar-refractivity contribution in [3.05, 3.63) is 79.5 Å². The number of nitrogens with zero attached hydrogens (tertiary/aromatic N) is 2. The fourth-order valence-corrected chi connectivity index (χ4v) is 10.0. The molecule has 18 nitrogen and oxygen atoms in total. The van der Waals surface area contributed by atoms with E-state index in [1.165, 1.54) is 64.5 Å². The van der Waals surface area contributed by atoms with Crippen LogP contribution >= 0.6 is 0 Å². The van der Waals surface area contributed by atoms with Crippen LogP contribution in [0, 0.1) is 30.6 Å². The van der Waals surface area contributed by atoms with Crippen LogP contribution in [0.5, 0.6) is 11.5 Å². The normalized spacial score (nSPS) is 29.8. The third-order valence-electron chi connectivity index (χ3n) is 13.6. The minimum absolute atomic E-state index is 0.0210. The first-order chi connectivity index (χ1) is 32.2. The number of sulfonamides is 1. The lowest BCUT2D eigenvalue weighted by Crippen LogP contribution is -2.48. The van der Waals surface area contributed by atoms with E-state index in [9.17, 15) is 61.5 Å². The van der Waals surface area contributed by atoms with Gasteiger partial charge in [-0.15, -0.1) is 0 Å². The number of hydrogen-bond donors (Lipinski definition) is 7. The number of phenolic OH excluding ortho intramolecular Hbond substituents is 1. The van der Waals surface area contributed by atoms with Gasteiger partial charge in [-0.1, -0.05) is 45.9 Å². The Bertz CT molecular complexity index is 3100. The molecule has 7 N–H and O–H groups in total. The summed E-state index contributed by atoms with van der Waals surface area (Å²) in [6, 6.07) is 1.54. The van der Waals surface area contributed by atoms with Crippen molar-refractivity contribution in [2.24, 2.45) is 23.7 Å². The summed E-state index contributed by atoms with van der Waals surface area (Å²) in [7, 11) is -4.21. The van der Waals surface area contributed by atoms with Crippen molar-refractivity contribution in [1.29, 1.82) is 0 Å². The minimum atomic E-state index is -5.61. The van der Waals surface area contributed by atoms with E-state index in [-0.39, 0.29) is 75.7 Å². The molecule has 4 bridgehead atoms. The van der Waals surface area contributed by atoms with Gasteiger partial charge in [0.1, 0.15) is 22.7 Å². The zero-order chi connectivity index (χ0) is 50.8. The fourth-order valence-electron chi connectivity index (χ4n) is 9.21. The molecule has 9 atom stereocenters. The van der Waals surface area contributed by atoms with E-state index in [0.717, 1.165) is 0 Å². The molecule has 3 aliphatic heterocycles. The number of aliphatic hydroxyl groups excluding tert-OH is 4. The predicted octanol–water partition coefficient (Wildman–Crippen LogP) is 4.40. The van der Waals surface area contributed by atoms with E-state index in [1.807, 2.05) is 0 Å². The molecule has 0 aliphatic carbocycles. The molecule has 3 aromatic carbocycles. The predicted molar refractivity (Wildman–Crippen MR) is 249 cm³/mol. The number of piperidine rings is 1. The quantitative estimate of drug-likeness (QED) is 0.110. The molecular formula is C47H55F3N4O14S. The van der Waals surface area contributed by atoms with Gasteiger partial charge in [0.15, 0.2) is 22.4 Å². The van der Waals surface area contributed by atoms with Gasteiger partial charge in [-0.2, -0.15) is 13.2 Å². The van der Waals surface area contributed by atoms with E-state index >= 15 is 0 Å². The van der Waals surface area contributed by atoms with Gasteiger partial charge < -0.3 is 54.4 Å². The van der Waals surface area contributed by atoms with E-state index in [1.54, 1.807) is 43.4 Å². The molecule has 69 heavy (non-hydrogen) atoms. The summed E-state index contributed by atoms with van der Waals surface area (Å²) >= 11 is 0. The monoisotopic (exact) mass is 988 g/mol. The van der Waals surface area contributed by atoms with E-state index in [4.69, 9.17) is 18.6 Å². The van der Waals surface area contributed by atoms with Crippen molar-refractivity contribution in [3.8, 4) is 11.5 Å². The van der Waals surface area contributed by atoms with Crippen molar-refractivity contribution >= 4 is 66.0 Å². The second-order valence-electron chi connectivity index (χ2n) is 18.3. The van der Waals surface area contributed by atoms with Gasteiger partial charge in [0, 0.05) is 91.2 Å². The Morgan fingerprint density at radius 1 is 0.928 bits per heavy atom. The minimum Gasteiger partial charge on any atom is -0.507 e. The number of benzene rings is 3. The summed E-state index contributed by atoms with van der Waals surface area (Å²) in [5.41, 5.74) is -8.64. The molecule has 4 heterocycles. The van der Waals surface area contributed by atoms with Crippen molar-refractivity contribution in [3.63, 3.8) is 0 Å². The van der Waals surface area contributed by atoms with Gasteiger partial charge in [-0.25, -0.2) is 18.1 Å². The number of phenols is 1. The average Bonchev–Trinajstić information content (AvgIpc) is 3.56. The molecule has 1 saturated heterocycles. The van der Waals surface area contributed by atoms with Gasteiger partial charge in [0.05, 0.1) is 41.3 Å². The number of aliphatic hydroxyl groups is 4. The van der Waals surface area contributed by atoms with Crippen LogP contribution in [0.4, 0.5) is 24.5 Å². The van der Waals surface area contributed by atoms with Crippen LogP contribution in [-0.4, -0.2) is 107 Å². The number of allylic oxidation sites excluding steroid dienone is 2. The number of alkyl halides is 3. The topological polar surface area (TPSA) is 268 Å². The summed E-state index contributed by atoms with van der Waals surface area (Å²) in [6.45, 7) is 10.9. The maximum Gasteiger partial charge on any atom is 0.511 e. The lowest BCUT2D eigenvalue weighted by atomic mass is 9.78. The highest BCUT2D eigenvalue weighted by atomic mass is 32.2. The molecule has 7 rings (SSSR count). The highest BCUT2D eigenvalue weighted by Gasteiger charge is 2.47. The molecule has 1 fully saturated rings. The van der Waals surface area contributed by atoms with E-state index in [2.05, 4.69) is 10.3 Å². The lowest BCUT2D eigenvalue weighted by molar-refractivity contribution is -0.112. The largest absolute Gasteiger partial charge is 0.511 e. The van der Waals surface area contributed by atoms with Crippen LogP contribution in [0.3, 0.4) is 0 Å². The number of rotatable bonds is 4. The molecule has 0 saturated carbocycles. The van der Waals surface area contributed by atoms with Crippen molar-refractivity contribution in [2.45, 2.75) is 103 Å². The molecule has 0 radical (unpaired) electrons. The second-order valence-corrected chi connectivity index (χ2v) is 20.0. The molecular weight excluding hydrogens is 934 g/mol. The Morgan fingerprint density at radius 2 is 1.57 bits per heavy atom. The first-order valence-corrected chi connectivity index (χ1v) is 23.7. The zero-order valence-electron chi connectivity index (χ0n) is 38.9. The van der Waals surface area contributed by atoms with Crippen molar-refractivity contribution in [1.82, 2.24) is 9.71 Å². The summed E-state index contributed by atoms with van der Waals surface area (Å²) in [4.78, 5) is 49.0. The number of aromatic hydroxyl groups is 1. The Labute approximate surface area is 393 Å². The van der Waals surface area contributed by atoms with Crippen LogP contribution in [0.15, 0.2) is 62.3 Å². The van der Waals surface area contributed by atoms with Crippen LogP contribution in [-0.2, 0) is 24.3 Å². The van der Waals surface area contributed by atoms with Gasteiger partial charge in [-0.3, -0.25) is 14.4 Å². The molecule has 3 aliphatic rings. The standard InChI is InChI=1S/C47H55F3N4O14S/c1-20-10-9-11-21(2)45(62)52-36-41(60)32-31(35-43(36)67-30-19-27(18-28(55)34(30)51-35)54-15-12-26(13-16-54)53-69(63,64)47(48,49)50)33-42(25(6)40(32)59)68-46(7,44(33)61)66-17-14-29(65-8)22(3)38(57)24(5)39(58)23(4)37(20)56/h9-11,14,17-20,22-24,26,29,37-39,53,56-59,61H,12-13,15-16H2,1-8H3,(H,52,62)/b10-9+,17-14+,21-11-/t20-,22+,23+,24-,29-,37-,38+,39+,46-/m0/s1. The van der Waals surface area contributed by atoms with Crippen molar-refractivity contribution < 1.29 is 70.5 Å². The molecule has 1 amide bonds. The number of halogens is 3. The lowest BCUT2D eigenvalue weighted by Gasteiger charge is -2.36. The number of amides is 1. The number of carbonyl (C=O) groups excluding carboxylic acids is 1. The average molecular weight is 989 g/mol. The van der Waals surface area contributed by atoms with Crippen LogP contribution in [0.25, 0.3) is 38.7 Å². The Kier molecular flexibility index (Phi) is 14.0. The third kappa shape index (κ3) is 9.25.